The molecular formula is C10H15N3O2. The van der Waals surface area contributed by atoms with Crippen LogP contribution < -0.4 is 5.32 Å². The van der Waals surface area contributed by atoms with Gasteiger partial charge >= 0.3 is 6.03 Å². The quantitative estimate of drug-likeness (QED) is 0.682. The first-order valence-corrected chi connectivity index (χ1v) is 5.36. The summed E-state index contributed by atoms with van der Waals surface area (Å²) >= 11 is 0. The highest BCUT2D eigenvalue weighted by Crippen LogP contribution is 2.18. The zero-order chi connectivity index (χ0) is 10.7. The van der Waals surface area contributed by atoms with Crippen molar-refractivity contribution in [1.82, 2.24) is 10.2 Å². The van der Waals surface area contributed by atoms with Gasteiger partial charge in [-0.1, -0.05) is 0 Å². The average Bonchev–Trinajstić information content (AvgIpc) is 2.23. The molecule has 82 valence electrons. The van der Waals surface area contributed by atoms with E-state index in [1.165, 1.54) is 6.42 Å². The maximum absolute atomic E-state index is 11.7. The molecule has 1 unspecified atom stereocenters. The Bertz CT molecular complexity index is 283. The number of nitrogens with zero attached hydrogens (tertiary/aromatic N) is 2. The first kappa shape index (κ1) is 10.2. The molecule has 1 heterocycles. The fourth-order valence-electron chi connectivity index (χ4n) is 1.73. The summed E-state index contributed by atoms with van der Waals surface area (Å²) in [5, 5.41) is 11.6. The summed E-state index contributed by atoms with van der Waals surface area (Å²) in [5.74, 6) is 0. The van der Waals surface area contributed by atoms with Gasteiger partial charge in [0, 0.05) is 12.6 Å². The molecule has 0 aromatic heterocycles. The second-order valence-corrected chi connectivity index (χ2v) is 4.01. The zero-order valence-electron chi connectivity index (χ0n) is 8.61. The molecule has 1 N–H and O–H groups in total. The Morgan fingerprint density at radius 1 is 1.53 bits per heavy atom. The van der Waals surface area contributed by atoms with Crippen molar-refractivity contribution in [2.45, 2.75) is 31.4 Å². The van der Waals surface area contributed by atoms with E-state index in [0.29, 0.717) is 25.7 Å². The predicted octanol–water partition coefficient (Wildman–Crippen LogP) is 0.473. The van der Waals surface area contributed by atoms with Crippen LogP contribution >= 0.6 is 0 Å². The molecule has 1 aliphatic heterocycles. The van der Waals surface area contributed by atoms with E-state index in [2.05, 4.69) is 5.32 Å². The van der Waals surface area contributed by atoms with E-state index < -0.39 is 6.10 Å². The van der Waals surface area contributed by atoms with Gasteiger partial charge in [-0.2, -0.15) is 5.26 Å². The van der Waals surface area contributed by atoms with Gasteiger partial charge < -0.3 is 15.0 Å². The summed E-state index contributed by atoms with van der Waals surface area (Å²) in [6.45, 7) is 1.42. The highest BCUT2D eigenvalue weighted by atomic mass is 16.5. The number of nitriles is 1. The van der Waals surface area contributed by atoms with Crippen LogP contribution in [0.1, 0.15) is 19.3 Å². The highest BCUT2D eigenvalue weighted by molar-refractivity contribution is 5.74. The lowest BCUT2D eigenvalue weighted by atomic mass is 9.93. The van der Waals surface area contributed by atoms with Crippen LogP contribution in [-0.2, 0) is 4.74 Å². The molecule has 1 atom stereocenters. The number of hydrogen-bond donors (Lipinski definition) is 1. The van der Waals surface area contributed by atoms with Crippen LogP contribution in [0.25, 0.3) is 0 Å². The first-order chi connectivity index (χ1) is 7.29. The lowest BCUT2D eigenvalue weighted by Gasteiger charge is -2.33. The van der Waals surface area contributed by atoms with E-state index in [1.54, 1.807) is 4.90 Å². The maximum Gasteiger partial charge on any atom is 0.317 e. The van der Waals surface area contributed by atoms with Gasteiger partial charge in [0.15, 0.2) is 6.10 Å². The van der Waals surface area contributed by atoms with Crippen molar-refractivity contribution in [3.05, 3.63) is 0 Å². The molecule has 1 aliphatic carbocycles. The molecule has 0 spiro atoms. The minimum Gasteiger partial charge on any atom is -0.360 e. The molecule has 0 bridgehead atoms. The number of carbonyl (C=O) groups is 1. The smallest absolute Gasteiger partial charge is 0.317 e. The van der Waals surface area contributed by atoms with Gasteiger partial charge in [0.05, 0.1) is 19.2 Å². The van der Waals surface area contributed by atoms with Gasteiger partial charge in [-0.3, -0.25) is 0 Å². The topological polar surface area (TPSA) is 65.4 Å². The standard InChI is InChI=1S/C10H15N3O2/c11-6-9-7-13(4-5-15-9)10(14)12-8-2-1-3-8/h8-9H,1-5,7H2,(H,12,14). The van der Waals surface area contributed by atoms with Crippen molar-refractivity contribution < 1.29 is 9.53 Å². The average molecular weight is 209 g/mol. The Hall–Kier alpha value is -1.28. The van der Waals surface area contributed by atoms with Crippen LogP contribution in [0.4, 0.5) is 4.79 Å². The largest absolute Gasteiger partial charge is 0.360 e. The summed E-state index contributed by atoms with van der Waals surface area (Å²) in [5.41, 5.74) is 0. The Morgan fingerprint density at radius 2 is 2.33 bits per heavy atom. The second kappa shape index (κ2) is 4.49. The molecule has 1 saturated carbocycles. The Morgan fingerprint density at radius 3 is 2.93 bits per heavy atom. The Kier molecular flexibility index (Phi) is 3.07. The number of urea groups is 1. The van der Waals surface area contributed by atoms with Crippen LogP contribution in [0.3, 0.4) is 0 Å². The van der Waals surface area contributed by atoms with E-state index in [9.17, 15) is 4.79 Å². The number of ether oxygens (including phenoxy) is 1. The number of amides is 2. The minimum absolute atomic E-state index is 0.0525. The third-order valence-electron chi connectivity index (χ3n) is 2.93. The number of nitrogens with one attached hydrogen (secondary N) is 1. The van der Waals surface area contributed by atoms with Crippen LogP contribution in [0.5, 0.6) is 0 Å². The van der Waals surface area contributed by atoms with Crippen LogP contribution in [0.2, 0.25) is 0 Å². The van der Waals surface area contributed by atoms with Crippen molar-refractivity contribution in [3.8, 4) is 6.07 Å². The second-order valence-electron chi connectivity index (χ2n) is 4.01. The molecule has 0 aromatic rings. The molecule has 0 radical (unpaired) electrons. The highest BCUT2D eigenvalue weighted by Gasteiger charge is 2.27. The van der Waals surface area contributed by atoms with Crippen molar-refractivity contribution in [3.63, 3.8) is 0 Å². The van der Waals surface area contributed by atoms with Crippen LogP contribution in [0.15, 0.2) is 0 Å². The number of morpholine rings is 1. The third kappa shape index (κ3) is 2.39. The van der Waals surface area contributed by atoms with Crippen molar-refractivity contribution >= 4 is 6.03 Å². The van der Waals surface area contributed by atoms with Gasteiger partial charge in [0.2, 0.25) is 0 Å². The third-order valence-corrected chi connectivity index (χ3v) is 2.93. The van der Waals surface area contributed by atoms with Gasteiger partial charge in [0.25, 0.3) is 0 Å². The molecule has 2 aliphatic rings. The van der Waals surface area contributed by atoms with E-state index >= 15 is 0 Å². The molecule has 2 fully saturated rings. The SMILES string of the molecule is N#CC1CN(C(=O)NC2CCC2)CCO1. The monoisotopic (exact) mass is 209 g/mol. The zero-order valence-corrected chi connectivity index (χ0v) is 8.61. The Labute approximate surface area is 89.0 Å². The van der Waals surface area contributed by atoms with Gasteiger partial charge in [0.1, 0.15) is 0 Å². The fourth-order valence-corrected chi connectivity index (χ4v) is 1.73. The van der Waals surface area contributed by atoms with E-state index in [0.717, 1.165) is 12.8 Å². The van der Waals surface area contributed by atoms with E-state index in [4.69, 9.17) is 10.00 Å². The molecule has 5 nitrogen and oxygen atoms in total. The lowest BCUT2D eigenvalue weighted by molar-refractivity contribution is 0.0148. The van der Waals surface area contributed by atoms with Crippen molar-refractivity contribution in [1.29, 1.82) is 5.26 Å². The van der Waals surface area contributed by atoms with Crippen LogP contribution in [0, 0.1) is 11.3 Å². The maximum atomic E-state index is 11.7. The van der Waals surface area contributed by atoms with Gasteiger partial charge in [-0.15, -0.1) is 0 Å². The van der Waals surface area contributed by atoms with Gasteiger partial charge in [-0.25, -0.2) is 4.79 Å². The summed E-state index contributed by atoms with van der Waals surface area (Å²) in [6, 6.07) is 2.32. The molecule has 2 amide bonds. The summed E-state index contributed by atoms with van der Waals surface area (Å²) in [4.78, 5) is 13.4. The minimum atomic E-state index is -0.467. The first-order valence-electron chi connectivity index (χ1n) is 5.36. The fraction of sp³-hybridized carbons (Fsp3) is 0.800. The van der Waals surface area contributed by atoms with E-state index in [-0.39, 0.29) is 6.03 Å². The number of carbonyl (C=O) groups excluding carboxylic acids is 1. The molecule has 0 aromatic carbocycles. The van der Waals surface area contributed by atoms with Crippen LogP contribution in [-0.4, -0.2) is 42.8 Å². The number of hydrogen-bond acceptors (Lipinski definition) is 3. The predicted molar refractivity (Wildman–Crippen MR) is 53.1 cm³/mol. The van der Waals surface area contributed by atoms with Gasteiger partial charge in [-0.05, 0) is 19.3 Å². The Balaban J connectivity index is 1.81. The summed E-state index contributed by atoms with van der Waals surface area (Å²) < 4.78 is 5.17. The van der Waals surface area contributed by atoms with Crippen molar-refractivity contribution in [2.24, 2.45) is 0 Å². The van der Waals surface area contributed by atoms with Crippen molar-refractivity contribution in [2.75, 3.05) is 19.7 Å². The molecule has 15 heavy (non-hydrogen) atoms. The molecular weight excluding hydrogens is 194 g/mol. The lowest BCUT2D eigenvalue weighted by Crippen LogP contribution is -2.52. The summed E-state index contributed by atoms with van der Waals surface area (Å²) in [6.07, 6.45) is 2.90. The van der Waals surface area contributed by atoms with E-state index in [1.807, 2.05) is 6.07 Å². The molecule has 2 rings (SSSR count). The number of rotatable bonds is 1. The molecule has 1 saturated heterocycles. The normalized spacial score (nSPS) is 26.6. The molecule has 5 heteroatoms. The summed E-state index contributed by atoms with van der Waals surface area (Å²) in [7, 11) is 0.